The van der Waals surface area contributed by atoms with Gasteiger partial charge < -0.3 is 34.7 Å². The lowest BCUT2D eigenvalue weighted by Crippen LogP contribution is -2.65. The Labute approximate surface area is 235 Å². The van der Waals surface area contributed by atoms with Gasteiger partial charge in [0.05, 0.1) is 12.7 Å². The van der Waals surface area contributed by atoms with Crippen molar-refractivity contribution in [2.75, 3.05) is 13.7 Å². The maximum absolute atomic E-state index is 12.4. The quantitative estimate of drug-likeness (QED) is 0.220. The normalized spacial score (nSPS) is 52.4. The zero-order valence-electron chi connectivity index (χ0n) is 23.8. The molecule has 4 aliphatic carbocycles. The number of cyclic esters (lactones) is 1. The molecule has 0 spiro atoms. The third-order valence-corrected chi connectivity index (χ3v) is 12.5. The molecule has 4 N–H and O–H groups in total. The number of ether oxygens (including phenoxy) is 2. The fourth-order valence-corrected chi connectivity index (χ4v) is 10.3. The summed E-state index contributed by atoms with van der Waals surface area (Å²) in [6.07, 6.45) is 3.39. The molecule has 0 aromatic carbocycles. The summed E-state index contributed by atoms with van der Waals surface area (Å²) in [6, 6.07) is -0.0892. The molecule has 4 unspecified atom stereocenters. The number of rotatable bonds is 5. The lowest BCUT2D eigenvalue weighted by Gasteiger charge is -2.64. The van der Waals surface area contributed by atoms with E-state index in [0.29, 0.717) is 24.7 Å². The van der Waals surface area contributed by atoms with Crippen LogP contribution < -0.4 is 0 Å². The van der Waals surface area contributed by atoms with Gasteiger partial charge in [-0.1, -0.05) is 13.8 Å². The molecule has 2 heterocycles. The third kappa shape index (κ3) is 4.01. The minimum Gasteiger partial charge on any atom is -0.458 e. The second-order valence-electron chi connectivity index (χ2n) is 13.9. The van der Waals surface area contributed by atoms with Crippen molar-refractivity contribution in [2.45, 2.75) is 114 Å². The van der Waals surface area contributed by atoms with Crippen molar-refractivity contribution in [1.82, 2.24) is 5.06 Å². The highest BCUT2D eigenvalue weighted by Crippen LogP contribution is 2.70. The summed E-state index contributed by atoms with van der Waals surface area (Å²) in [5, 5.41) is 45.2. The molecule has 40 heavy (non-hydrogen) atoms. The van der Waals surface area contributed by atoms with Crippen LogP contribution in [0.15, 0.2) is 11.6 Å². The lowest BCUT2D eigenvalue weighted by atomic mass is 9.43. The monoisotopic (exact) mass is 563 g/mol. The van der Waals surface area contributed by atoms with Crippen LogP contribution in [0, 0.1) is 34.5 Å². The Balaban J connectivity index is 1.19. The fourth-order valence-electron chi connectivity index (χ4n) is 10.3. The zero-order valence-corrected chi connectivity index (χ0v) is 23.8. The van der Waals surface area contributed by atoms with E-state index in [4.69, 9.17) is 14.3 Å². The van der Waals surface area contributed by atoms with Crippen molar-refractivity contribution in [2.24, 2.45) is 34.5 Å². The first-order valence-corrected chi connectivity index (χ1v) is 15.1. The second kappa shape index (κ2) is 10.1. The van der Waals surface area contributed by atoms with E-state index in [9.17, 15) is 30.0 Å². The van der Waals surface area contributed by atoms with Gasteiger partial charge in [0, 0.05) is 17.5 Å². The largest absolute Gasteiger partial charge is 0.458 e. The fraction of sp³-hybridized carbons (Fsp3) is 0.867. The van der Waals surface area contributed by atoms with Crippen molar-refractivity contribution in [3.8, 4) is 0 Å². The van der Waals surface area contributed by atoms with Crippen LogP contribution in [0.1, 0.15) is 71.6 Å². The summed E-state index contributed by atoms with van der Waals surface area (Å²) in [5.74, 6) is 0.892. The van der Waals surface area contributed by atoms with Crippen LogP contribution in [0.5, 0.6) is 0 Å². The Morgan fingerprint density at radius 3 is 2.45 bits per heavy atom. The number of aldehydes is 1. The first kappa shape index (κ1) is 28.7. The molecule has 0 amide bonds. The predicted octanol–water partition coefficient (Wildman–Crippen LogP) is 1.48. The second-order valence-corrected chi connectivity index (χ2v) is 13.9. The minimum absolute atomic E-state index is 0.0484. The van der Waals surface area contributed by atoms with Crippen molar-refractivity contribution >= 4 is 12.3 Å². The van der Waals surface area contributed by atoms with Crippen LogP contribution >= 0.6 is 0 Å². The summed E-state index contributed by atoms with van der Waals surface area (Å²) < 4.78 is 11.0. The molecule has 5 fully saturated rings. The number of fused-ring (bicyclic) bond motifs is 5. The van der Waals surface area contributed by atoms with Gasteiger partial charge in [0.15, 0.2) is 12.5 Å². The number of aliphatic hydroxyl groups is 4. The summed E-state index contributed by atoms with van der Waals surface area (Å²) in [5.41, 5.74) is 0.0591. The molecule has 6 rings (SSSR count). The molecule has 4 saturated carbocycles. The van der Waals surface area contributed by atoms with Crippen LogP contribution in [0.2, 0.25) is 0 Å². The Kier molecular flexibility index (Phi) is 7.25. The Morgan fingerprint density at radius 2 is 1.77 bits per heavy atom. The zero-order chi connectivity index (χ0) is 28.6. The standard InChI is InChI=1S/C30H45NO9/c1-28-9-6-18(31(38-3)27-26(36)25(35)24(34)22(14-32)40-27)13-17(28)4-5-21-20(28)7-10-29(2)19(8-11-30(21,29)37)16-12-23(33)39-15-16/h12,14,17-22,24-27,34-37H,4-11,13,15H2,1-3H3/t17?,18-,19+,20?,21?,22+,24-,25-,26+,27?,28-,29+,30-/m0/s1. The average molecular weight is 564 g/mol. The van der Waals surface area contributed by atoms with Gasteiger partial charge in [0.1, 0.15) is 31.0 Å². The van der Waals surface area contributed by atoms with E-state index in [0.717, 1.165) is 63.4 Å². The molecular formula is C30H45NO9. The predicted molar refractivity (Wildman–Crippen MR) is 141 cm³/mol. The first-order valence-electron chi connectivity index (χ1n) is 15.1. The van der Waals surface area contributed by atoms with Crippen molar-refractivity contribution in [3.05, 3.63) is 11.6 Å². The Morgan fingerprint density at radius 1 is 1.00 bits per heavy atom. The minimum atomic E-state index is -1.52. The number of aliphatic hydroxyl groups excluding tert-OH is 3. The maximum atomic E-state index is 12.4. The van der Waals surface area contributed by atoms with Gasteiger partial charge in [-0.05, 0) is 92.4 Å². The van der Waals surface area contributed by atoms with Gasteiger partial charge in [-0.3, -0.25) is 4.84 Å². The van der Waals surface area contributed by atoms with Crippen LogP contribution in [0.4, 0.5) is 0 Å². The van der Waals surface area contributed by atoms with Gasteiger partial charge in [0.25, 0.3) is 0 Å². The van der Waals surface area contributed by atoms with E-state index in [1.54, 1.807) is 11.1 Å². The molecular weight excluding hydrogens is 518 g/mol. The Bertz CT molecular complexity index is 1050. The van der Waals surface area contributed by atoms with Gasteiger partial charge in [-0.15, -0.1) is 0 Å². The van der Waals surface area contributed by atoms with E-state index in [-0.39, 0.29) is 34.7 Å². The molecule has 13 atom stereocenters. The van der Waals surface area contributed by atoms with E-state index in [1.165, 1.54) is 7.11 Å². The molecule has 0 bridgehead atoms. The number of carbonyl (C=O) groups excluding carboxylic acids is 2. The van der Waals surface area contributed by atoms with Crippen LogP contribution in [-0.2, 0) is 23.9 Å². The van der Waals surface area contributed by atoms with Crippen LogP contribution in [0.25, 0.3) is 0 Å². The van der Waals surface area contributed by atoms with Gasteiger partial charge in [-0.2, -0.15) is 5.06 Å². The molecule has 2 aliphatic heterocycles. The maximum Gasteiger partial charge on any atom is 0.331 e. The molecule has 224 valence electrons. The highest BCUT2D eigenvalue weighted by atomic mass is 16.7. The molecule has 1 saturated heterocycles. The lowest BCUT2D eigenvalue weighted by molar-refractivity contribution is -0.336. The van der Waals surface area contributed by atoms with Crippen LogP contribution in [0.3, 0.4) is 0 Å². The average Bonchev–Trinajstić information content (AvgIpc) is 3.48. The van der Waals surface area contributed by atoms with Crippen molar-refractivity contribution in [3.63, 3.8) is 0 Å². The van der Waals surface area contributed by atoms with E-state index >= 15 is 0 Å². The number of nitrogens with zero attached hydrogens (tertiary/aromatic N) is 1. The smallest absolute Gasteiger partial charge is 0.331 e. The van der Waals surface area contributed by atoms with Gasteiger partial charge in [0.2, 0.25) is 0 Å². The van der Waals surface area contributed by atoms with Crippen molar-refractivity contribution in [1.29, 1.82) is 0 Å². The van der Waals surface area contributed by atoms with Crippen LogP contribution in [-0.4, -0.2) is 93.7 Å². The topological polar surface area (TPSA) is 146 Å². The number of hydrogen-bond acceptors (Lipinski definition) is 10. The summed E-state index contributed by atoms with van der Waals surface area (Å²) in [4.78, 5) is 29.0. The summed E-state index contributed by atoms with van der Waals surface area (Å²) in [6.45, 7) is 4.98. The van der Waals surface area contributed by atoms with Crippen molar-refractivity contribution < 1.29 is 44.3 Å². The molecule has 0 aromatic heterocycles. The molecule has 10 heteroatoms. The van der Waals surface area contributed by atoms with Gasteiger partial charge >= 0.3 is 5.97 Å². The summed E-state index contributed by atoms with van der Waals surface area (Å²) >= 11 is 0. The highest BCUT2D eigenvalue weighted by Gasteiger charge is 2.68. The van der Waals surface area contributed by atoms with E-state index in [2.05, 4.69) is 13.8 Å². The molecule has 0 radical (unpaired) electrons. The Hall–Kier alpha value is -1.40. The SMILES string of the molecule is CON(C1O[C@H](C=O)[C@H](O)[C@H](O)[C@H]1O)[C@H]1CC[C@@]2(C)C(CCC3C2CC[C@]2(C)[C@@H](C4=CC(=O)OC4)CC[C@]32O)C1. The van der Waals surface area contributed by atoms with Gasteiger partial charge in [-0.25, -0.2) is 4.79 Å². The number of carbonyl (C=O) groups is 2. The van der Waals surface area contributed by atoms with E-state index in [1.807, 2.05) is 0 Å². The third-order valence-electron chi connectivity index (χ3n) is 12.5. The molecule has 0 aromatic rings. The molecule has 6 aliphatic rings. The number of hydroxylamine groups is 2. The number of hydrogen-bond donors (Lipinski definition) is 4. The first-order chi connectivity index (χ1) is 19.0. The molecule has 10 nitrogen and oxygen atoms in total. The highest BCUT2D eigenvalue weighted by molar-refractivity contribution is 5.85. The number of esters is 1. The van der Waals surface area contributed by atoms with E-state index < -0.39 is 36.2 Å². The summed E-state index contributed by atoms with van der Waals surface area (Å²) in [7, 11) is 1.50.